The maximum Gasteiger partial charge on any atom is 0.339 e. The van der Waals surface area contributed by atoms with Crippen LogP contribution in [0.25, 0.3) is 0 Å². The van der Waals surface area contributed by atoms with Crippen molar-refractivity contribution in [2.24, 2.45) is 0 Å². The van der Waals surface area contributed by atoms with E-state index < -0.39 is 15.9 Å². The highest BCUT2D eigenvalue weighted by Gasteiger charge is 2.19. The van der Waals surface area contributed by atoms with Crippen molar-refractivity contribution >= 4 is 27.4 Å². The molecular weight excluding hydrogens is 429 g/mol. The van der Waals surface area contributed by atoms with Crippen LogP contribution >= 0.6 is 11.3 Å². The van der Waals surface area contributed by atoms with Gasteiger partial charge in [0, 0.05) is 20.2 Å². The second-order valence-electron chi connectivity index (χ2n) is 6.33. The largest absolute Gasteiger partial charge is 0.383 e. The molecule has 1 heterocycles. The van der Waals surface area contributed by atoms with E-state index in [1.54, 1.807) is 30.2 Å². The Kier molecular flexibility index (Phi) is 7.20. The Labute approximate surface area is 178 Å². The third kappa shape index (κ3) is 5.65. The number of benzene rings is 2. The zero-order valence-electron chi connectivity index (χ0n) is 16.2. The van der Waals surface area contributed by atoms with Gasteiger partial charge < -0.3 is 13.8 Å². The number of ether oxygens (including phenoxy) is 1. The van der Waals surface area contributed by atoms with Crippen molar-refractivity contribution < 1.29 is 26.5 Å². The summed E-state index contributed by atoms with van der Waals surface area (Å²) in [6.45, 7) is 1.16. The number of rotatable bonds is 9. The molecule has 30 heavy (non-hydrogen) atoms. The van der Waals surface area contributed by atoms with E-state index in [-0.39, 0.29) is 16.6 Å². The summed E-state index contributed by atoms with van der Waals surface area (Å²) < 4.78 is 47.8. The van der Waals surface area contributed by atoms with Crippen LogP contribution in [0, 0.1) is 5.82 Å². The van der Waals surface area contributed by atoms with Gasteiger partial charge in [0.1, 0.15) is 16.5 Å². The molecule has 3 rings (SSSR count). The van der Waals surface area contributed by atoms with Gasteiger partial charge in [0.25, 0.3) is 5.91 Å². The molecule has 0 aliphatic heterocycles. The molecule has 0 aliphatic carbocycles. The van der Waals surface area contributed by atoms with Gasteiger partial charge in [-0.2, -0.15) is 8.42 Å². The number of carbonyl (C=O) groups excluding carboxylic acids is 1. The molecule has 0 saturated carbocycles. The summed E-state index contributed by atoms with van der Waals surface area (Å²) in [4.78, 5) is 14.9. The molecule has 0 unspecified atom stereocenters. The molecule has 0 saturated heterocycles. The third-order valence-electron chi connectivity index (χ3n) is 4.19. The SMILES string of the molecule is COCCN(Cc1ccc(OS(=O)(=O)c2ccc(F)cc2)cc1)C(=O)c1cccs1. The van der Waals surface area contributed by atoms with Crippen molar-refractivity contribution in [3.05, 3.63) is 82.3 Å². The van der Waals surface area contributed by atoms with Gasteiger partial charge in [-0.15, -0.1) is 11.3 Å². The summed E-state index contributed by atoms with van der Waals surface area (Å²) in [7, 11) is -2.50. The minimum absolute atomic E-state index is 0.0961. The van der Waals surface area contributed by atoms with Crippen LogP contribution in [-0.4, -0.2) is 39.5 Å². The summed E-state index contributed by atoms with van der Waals surface area (Å²) >= 11 is 1.37. The molecular formula is C21H20FNO5S2. The lowest BCUT2D eigenvalue weighted by molar-refractivity contribution is 0.0685. The van der Waals surface area contributed by atoms with Crippen molar-refractivity contribution in [3.8, 4) is 5.75 Å². The quantitative estimate of drug-likeness (QED) is 0.463. The molecule has 1 amide bonds. The van der Waals surface area contributed by atoms with Gasteiger partial charge in [-0.3, -0.25) is 4.79 Å². The Morgan fingerprint density at radius 3 is 2.37 bits per heavy atom. The predicted octanol–water partition coefficient (Wildman–Crippen LogP) is 3.94. The highest BCUT2D eigenvalue weighted by atomic mass is 32.2. The van der Waals surface area contributed by atoms with E-state index in [2.05, 4.69) is 0 Å². The first-order valence-corrected chi connectivity index (χ1v) is 11.3. The fourth-order valence-electron chi connectivity index (χ4n) is 2.66. The van der Waals surface area contributed by atoms with E-state index in [0.717, 1.165) is 29.8 Å². The topological polar surface area (TPSA) is 72.9 Å². The zero-order chi connectivity index (χ0) is 21.6. The molecule has 0 aliphatic rings. The van der Waals surface area contributed by atoms with E-state index in [0.29, 0.717) is 24.6 Å². The Morgan fingerprint density at radius 2 is 1.77 bits per heavy atom. The van der Waals surface area contributed by atoms with Crippen molar-refractivity contribution in [2.45, 2.75) is 11.4 Å². The average Bonchev–Trinajstić information content (AvgIpc) is 3.27. The zero-order valence-corrected chi connectivity index (χ0v) is 17.8. The number of thiophene rings is 1. The van der Waals surface area contributed by atoms with Gasteiger partial charge in [0.2, 0.25) is 0 Å². The fourth-order valence-corrected chi connectivity index (χ4v) is 4.28. The lowest BCUT2D eigenvalue weighted by Gasteiger charge is -2.22. The first kappa shape index (κ1) is 21.9. The van der Waals surface area contributed by atoms with Crippen molar-refractivity contribution in [1.29, 1.82) is 0 Å². The van der Waals surface area contributed by atoms with Gasteiger partial charge in [-0.05, 0) is 53.4 Å². The number of halogens is 1. The minimum Gasteiger partial charge on any atom is -0.383 e. The molecule has 0 N–H and O–H groups in total. The molecule has 0 spiro atoms. The molecule has 0 fully saturated rings. The summed E-state index contributed by atoms with van der Waals surface area (Å²) in [5, 5.41) is 1.84. The summed E-state index contributed by atoms with van der Waals surface area (Å²) in [5.41, 5.74) is 0.808. The average molecular weight is 450 g/mol. The lowest BCUT2D eigenvalue weighted by atomic mass is 10.2. The van der Waals surface area contributed by atoms with E-state index in [1.807, 2.05) is 11.4 Å². The van der Waals surface area contributed by atoms with Crippen LogP contribution in [-0.2, 0) is 21.4 Å². The predicted molar refractivity (Wildman–Crippen MR) is 112 cm³/mol. The van der Waals surface area contributed by atoms with E-state index in [4.69, 9.17) is 8.92 Å². The lowest BCUT2D eigenvalue weighted by Crippen LogP contribution is -2.33. The Balaban J connectivity index is 1.70. The molecule has 0 atom stereocenters. The van der Waals surface area contributed by atoms with Crippen LogP contribution in [0.15, 0.2) is 70.9 Å². The normalized spacial score (nSPS) is 11.3. The molecule has 2 aromatic carbocycles. The standard InChI is InChI=1S/C21H20FNO5S2/c1-27-13-12-23(21(24)20-3-2-14-29-20)15-16-4-8-18(9-5-16)28-30(25,26)19-10-6-17(22)7-11-19/h2-11,14H,12-13,15H2,1H3. The molecule has 0 bridgehead atoms. The van der Waals surface area contributed by atoms with Gasteiger partial charge in [0.05, 0.1) is 11.5 Å². The molecule has 3 aromatic rings. The molecule has 1 aromatic heterocycles. The van der Waals surface area contributed by atoms with Crippen molar-refractivity contribution in [2.75, 3.05) is 20.3 Å². The Bertz CT molecular complexity index is 1070. The van der Waals surface area contributed by atoms with Crippen LogP contribution in [0.5, 0.6) is 5.75 Å². The number of methoxy groups -OCH3 is 1. The van der Waals surface area contributed by atoms with E-state index in [9.17, 15) is 17.6 Å². The fraction of sp³-hybridized carbons (Fsp3) is 0.190. The highest BCUT2D eigenvalue weighted by molar-refractivity contribution is 7.87. The van der Waals surface area contributed by atoms with Crippen LogP contribution in [0.2, 0.25) is 0 Å². The smallest absolute Gasteiger partial charge is 0.339 e. The molecule has 0 radical (unpaired) electrons. The minimum atomic E-state index is -4.07. The summed E-state index contributed by atoms with van der Waals surface area (Å²) in [6.07, 6.45) is 0. The maximum atomic E-state index is 13.0. The molecule has 158 valence electrons. The first-order valence-electron chi connectivity index (χ1n) is 9.00. The second kappa shape index (κ2) is 9.84. The number of carbonyl (C=O) groups is 1. The monoisotopic (exact) mass is 449 g/mol. The van der Waals surface area contributed by atoms with E-state index >= 15 is 0 Å². The van der Waals surface area contributed by atoms with Gasteiger partial charge in [-0.25, -0.2) is 4.39 Å². The van der Waals surface area contributed by atoms with Gasteiger partial charge in [0.15, 0.2) is 0 Å². The third-order valence-corrected chi connectivity index (χ3v) is 6.31. The van der Waals surface area contributed by atoms with Gasteiger partial charge >= 0.3 is 10.1 Å². The number of hydrogen-bond donors (Lipinski definition) is 0. The molecule has 9 heteroatoms. The second-order valence-corrected chi connectivity index (χ2v) is 8.83. The van der Waals surface area contributed by atoms with Crippen molar-refractivity contribution in [1.82, 2.24) is 4.90 Å². The first-order chi connectivity index (χ1) is 14.4. The highest BCUT2D eigenvalue weighted by Crippen LogP contribution is 2.21. The van der Waals surface area contributed by atoms with Gasteiger partial charge in [-0.1, -0.05) is 18.2 Å². The van der Waals surface area contributed by atoms with Crippen LogP contribution in [0.1, 0.15) is 15.2 Å². The van der Waals surface area contributed by atoms with E-state index in [1.165, 1.54) is 23.5 Å². The Hall–Kier alpha value is -2.75. The Morgan fingerprint density at radius 1 is 1.07 bits per heavy atom. The van der Waals surface area contributed by atoms with Crippen LogP contribution < -0.4 is 4.18 Å². The number of amides is 1. The molecule has 6 nitrogen and oxygen atoms in total. The summed E-state index contributed by atoms with van der Waals surface area (Å²) in [6, 6.07) is 14.4. The maximum absolute atomic E-state index is 13.0. The summed E-state index contributed by atoms with van der Waals surface area (Å²) in [5.74, 6) is -0.509. The number of hydrogen-bond acceptors (Lipinski definition) is 6. The van der Waals surface area contributed by atoms with Crippen LogP contribution in [0.3, 0.4) is 0 Å². The van der Waals surface area contributed by atoms with Crippen LogP contribution in [0.4, 0.5) is 4.39 Å². The van der Waals surface area contributed by atoms with Crippen molar-refractivity contribution in [3.63, 3.8) is 0 Å². The number of nitrogens with zero attached hydrogens (tertiary/aromatic N) is 1.